The summed E-state index contributed by atoms with van der Waals surface area (Å²) >= 11 is 0. The van der Waals surface area contributed by atoms with Crippen molar-refractivity contribution in [2.24, 2.45) is 5.92 Å². The largest absolute Gasteiger partial charge is 0.493 e. The van der Waals surface area contributed by atoms with Crippen molar-refractivity contribution in [3.63, 3.8) is 0 Å². The third-order valence-electron chi connectivity index (χ3n) is 3.47. The average Bonchev–Trinajstić information content (AvgIpc) is 2.48. The first kappa shape index (κ1) is 15.3. The molecule has 0 unspecified atom stereocenters. The van der Waals surface area contributed by atoms with Crippen LogP contribution in [0.2, 0.25) is 0 Å². The number of hydrogen-bond donors (Lipinski definition) is 2. The van der Waals surface area contributed by atoms with E-state index in [1.54, 1.807) is 6.07 Å². The molecule has 0 bridgehead atoms. The van der Waals surface area contributed by atoms with E-state index in [1.807, 2.05) is 18.2 Å². The molecule has 0 aliphatic heterocycles. The SMILES string of the molecule is CCCCOc1ccccc1C1(O)C=CC(C(=O)O)C=C1. The van der Waals surface area contributed by atoms with Crippen LogP contribution in [0.5, 0.6) is 5.75 Å². The molecule has 0 saturated heterocycles. The highest BCUT2D eigenvalue weighted by Gasteiger charge is 2.30. The van der Waals surface area contributed by atoms with Crippen LogP contribution < -0.4 is 4.74 Å². The van der Waals surface area contributed by atoms with Gasteiger partial charge in [-0.05, 0) is 24.6 Å². The maximum atomic E-state index is 10.9. The molecule has 1 aliphatic rings. The van der Waals surface area contributed by atoms with E-state index in [2.05, 4.69) is 6.92 Å². The highest BCUT2D eigenvalue weighted by molar-refractivity contribution is 5.75. The number of aliphatic carboxylic acids is 1. The first-order chi connectivity index (χ1) is 10.1. The van der Waals surface area contributed by atoms with Crippen molar-refractivity contribution >= 4 is 5.97 Å². The second-order valence-corrected chi connectivity index (χ2v) is 5.11. The lowest BCUT2D eigenvalue weighted by molar-refractivity contribution is -0.138. The molecule has 1 aliphatic carbocycles. The molecule has 1 aromatic rings. The van der Waals surface area contributed by atoms with Crippen LogP contribution in [-0.4, -0.2) is 22.8 Å². The van der Waals surface area contributed by atoms with E-state index in [0.29, 0.717) is 17.9 Å². The Bertz CT molecular complexity index is 546. The molecule has 0 amide bonds. The Morgan fingerprint density at radius 1 is 1.29 bits per heavy atom. The van der Waals surface area contributed by atoms with Crippen molar-refractivity contribution < 1.29 is 19.7 Å². The van der Waals surface area contributed by atoms with Crippen LogP contribution in [-0.2, 0) is 10.4 Å². The summed E-state index contributed by atoms with van der Waals surface area (Å²) in [5.41, 5.74) is -0.702. The Morgan fingerprint density at radius 3 is 2.57 bits per heavy atom. The molecule has 0 heterocycles. The van der Waals surface area contributed by atoms with Gasteiger partial charge in [-0.15, -0.1) is 0 Å². The van der Waals surface area contributed by atoms with Crippen molar-refractivity contribution in [2.75, 3.05) is 6.61 Å². The summed E-state index contributed by atoms with van der Waals surface area (Å²) in [6.45, 7) is 2.68. The molecule has 4 heteroatoms. The van der Waals surface area contributed by atoms with Crippen molar-refractivity contribution in [1.29, 1.82) is 0 Å². The van der Waals surface area contributed by atoms with Gasteiger partial charge < -0.3 is 14.9 Å². The zero-order valence-corrected chi connectivity index (χ0v) is 12.0. The maximum absolute atomic E-state index is 10.9. The summed E-state index contributed by atoms with van der Waals surface area (Å²) in [4.78, 5) is 10.9. The lowest BCUT2D eigenvalue weighted by Gasteiger charge is -2.27. The van der Waals surface area contributed by atoms with Gasteiger partial charge in [-0.25, -0.2) is 0 Å². The maximum Gasteiger partial charge on any atom is 0.314 e. The normalized spacial score (nSPS) is 24.0. The summed E-state index contributed by atoms with van der Waals surface area (Å²) in [6.07, 6.45) is 7.98. The average molecular weight is 288 g/mol. The zero-order valence-electron chi connectivity index (χ0n) is 12.0. The highest BCUT2D eigenvalue weighted by Crippen LogP contribution is 2.35. The molecule has 112 valence electrons. The minimum Gasteiger partial charge on any atom is -0.493 e. The second-order valence-electron chi connectivity index (χ2n) is 5.11. The van der Waals surface area contributed by atoms with Gasteiger partial charge in [0.15, 0.2) is 0 Å². The fraction of sp³-hybridized carbons (Fsp3) is 0.353. The number of ether oxygens (including phenoxy) is 1. The number of benzene rings is 1. The minimum atomic E-state index is -1.32. The Balaban J connectivity index is 2.23. The van der Waals surface area contributed by atoms with E-state index in [9.17, 15) is 9.90 Å². The zero-order chi connectivity index (χ0) is 15.3. The number of carbonyl (C=O) groups is 1. The molecule has 2 N–H and O–H groups in total. The minimum absolute atomic E-state index is 0.592. The van der Waals surface area contributed by atoms with E-state index in [0.717, 1.165) is 12.8 Å². The van der Waals surface area contributed by atoms with E-state index >= 15 is 0 Å². The van der Waals surface area contributed by atoms with E-state index < -0.39 is 17.5 Å². The predicted molar refractivity (Wildman–Crippen MR) is 80.1 cm³/mol. The molecule has 0 atom stereocenters. The Hall–Kier alpha value is -2.07. The summed E-state index contributed by atoms with van der Waals surface area (Å²) in [7, 11) is 0. The number of rotatable bonds is 6. The fourth-order valence-corrected chi connectivity index (χ4v) is 2.21. The topological polar surface area (TPSA) is 66.8 Å². The first-order valence-electron chi connectivity index (χ1n) is 7.13. The summed E-state index contributed by atoms with van der Waals surface area (Å²) in [5, 5.41) is 19.7. The number of aliphatic hydroxyl groups is 1. The molecular formula is C17H20O4. The lowest BCUT2D eigenvalue weighted by atomic mass is 9.86. The number of carboxylic acids is 1. The third-order valence-corrected chi connectivity index (χ3v) is 3.47. The Kier molecular flexibility index (Phi) is 4.81. The standard InChI is InChI=1S/C17H20O4/c1-2-3-12-21-15-7-5-4-6-14(15)17(20)10-8-13(9-11-17)16(18)19/h4-11,13,20H,2-3,12H2,1H3,(H,18,19). The number of hydrogen-bond acceptors (Lipinski definition) is 3. The van der Waals surface area contributed by atoms with Crippen LogP contribution in [0.25, 0.3) is 0 Å². The van der Waals surface area contributed by atoms with Crippen LogP contribution in [0.3, 0.4) is 0 Å². The van der Waals surface area contributed by atoms with Crippen molar-refractivity contribution in [1.82, 2.24) is 0 Å². The van der Waals surface area contributed by atoms with Gasteiger partial charge in [-0.2, -0.15) is 0 Å². The lowest BCUT2D eigenvalue weighted by Crippen LogP contribution is -2.25. The first-order valence-corrected chi connectivity index (χ1v) is 7.13. The highest BCUT2D eigenvalue weighted by atomic mass is 16.5. The van der Waals surface area contributed by atoms with Crippen molar-refractivity contribution in [2.45, 2.75) is 25.4 Å². The molecule has 0 spiro atoms. The molecule has 1 aromatic carbocycles. The van der Waals surface area contributed by atoms with Gasteiger partial charge in [0.25, 0.3) is 0 Å². The Labute approximate surface area is 124 Å². The van der Waals surface area contributed by atoms with Gasteiger partial charge >= 0.3 is 5.97 Å². The molecule has 0 saturated carbocycles. The molecule has 4 nitrogen and oxygen atoms in total. The number of unbranched alkanes of at least 4 members (excludes halogenated alkanes) is 1. The molecular weight excluding hydrogens is 268 g/mol. The van der Waals surface area contributed by atoms with Crippen LogP contribution in [0.15, 0.2) is 48.6 Å². The van der Waals surface area contributed by atoms with Gasteiger partial charge in [0.05, 0.1) is 12.5 Å². The fourth-order valence-electron chi connectivity index (χ4n) is 2.21. The van der Waals surface area contributed by atoms with E-state index in [4.69, 9.17) is 9.84 Å². The predicted octanol–water partition coefficient (Wildman–Crippen LogP) is 2.88. The molecule has 0 radical (unpaired) electrons. The van der Waals surface area contributed by atoms with Gasteiger partial charge in [0, 0.05) is 5.56 Å². The number of carboxylic acid groups (broad SMARTS) is 1. The van der Waals surface area contributed by atoms with Gasteiger partial charge in [0.2, 0.25) is 0 Å². The molecule has 0 aromatic heterocycles. The molecule has 2 rings (SSSR count). The smallest absolute Gasteiger partial charge is 0.314 e. The van der Waals surface area contributed by atoms with Crippen LogP contribution >= 0.6 is 0 Å². The van der Waals surface area contributed by atoms with Gasteiger partial charge in [-0.1, -0.05) is 43.7 Å². The number of para-hydroxylation sites is 1. The Morgan fingerprint density at radius 2 is 1.95 bits per heavy atom. The van der Waals surface area contributed by atoms with Crippen LogP contribution in [0.1, 0.15) is 25.3 Å². The third kappa shape index (κ3) is 3.52. The quantitative estimate of drug-likeness (QED) is 0.624. The molecule has 0 fully saturated rings. The summed E-state index contributed by atoms with van der Waals surface area (Å²) < 4.78 is 5.73. The van der Waals surface area contributed by atoms with Crippen LogP contribution in [0, 0.1) is 5.92 Å². The van der Waals surface area contributed by atoms with Gasteiger partial charge in [-0.3, -0.25) is 4.79 Å². The van der Waals surface area contributed by atoms with Gasteiger partial charge in [0.1, 0.15) is 11.4 Å². The van der Waals surface area contributed by atoms with E-state index in [-0.39, 0.29) is 0 Å². The van der Waals surface area contributed by atoms with E-state index in [1.165, 1.54) is 24.3 Å². The summed E-state index contributed by atoms with van der Waals surface area (Å²) in [6, 6.07) is 7.28. The monoisotopic (exact) mass is 288 g/mol. The second kappa shape index (κ2) is 6.59. The van der Waals surface area contributed by atoms with Crippen LogP contribution in [0.4, 0.5) is 0 Å². The summed E-state index contributed by atoms with van der Waals surface area (Å²) in [5.74, 6) is -1.01. The molecule has 21 heavy (non-hydrogen) atoms. The van der Waals surface area contributed by atoms with Crippen molar-refractivity contribution in [3.05, 3.63) is 54.1 Å². The van der Waals surface area contributed by atoms with Crippen molar-refractivity contribution in [3.8, 4) is 5.75 Å².